The van der Waals surface area contributed by atoms with Gasteiger partial charge in [-0.1, -0.05) is 6.07 Å². The van der Waals surface area contributed by atoms with Crippen molar-refractivity contribution in [1.82, 2.24) is 9.47 Å². The minimum atomic E-state index is -3.86. The molecule has 7 nitrogen and oxygen atoms in total. The zero-order valence-corrected chi connectivity index (χ0v) is 18.1. The van der Waals surface area contributed by atoms with Crippen molar-refractivity contribution in [3.05, 3.63) is 45.5 Å². The Bertz CT molecular complexity index is 1080. The van der Waals surface area contributed by atoms with Crippen LogP contribution in [0.25, 0.3) is 11.1 Å². The highest BCUT2D eigenvalue weighted by Gasteiger charge is 2.44. The first kappa shape index (κ1) is 20.8. The van der Waals surface area contributed by atoms with Crippen LogP contribution in [0.3, 0.4) is 0 Å². The van der Waals surface area contributed by atoms with E-state index in [0.717, 1.165) is 16.7 Å². The van der Waals surface area contributed by atoms with Crippen LogP contribution in [-0.4, -0.2) is 52.5 Å². The molecule has 1 unspecified atom stereocenters. The fourth-order valence-corrected chi connectivity index (χ4v) is 4.30. The highest BCUT2D eigenvalue weighted by molar-refractivity contribution is 14.1. The monoisotopic (exact) mass is 520 g/mol. The van der Waals surface area contributed by atoms with Crippen LogP contribution in [-0.2, 0) is 21.2 Å². The number of carbonyl (C=O) groups is 2. The van der Waals surface area contributed by atoms with Gasteiger partial charge in [-0.2, -0.15) is 0 Å². The van der Waals surface area contributed by atoms with E-state index in [0.29, 0.717) is 16.8 Å². The van der Waals surface area contributed by atoms with Gasteiger partial charge in [0.05, 0.1) is 6.54 Å². The second kappa shape index (κ2) is 7.14. The van der Waals surface area contributed by atoms with Gasteiger partial charge in [-0.05, 0) is 54.1 Å². The minimum Gasteiger partial charge on any atom is -0.480 e. The molecular formula is C18H18FIN2O5S. The lowest BCUT2D eigenvalue weighted by molar-refractivity contribution is -0.139. The molecule has 0 radical (unpaired) electrons. The van der Waals surface area contributed by atoms with E-state index >= 15 is 0 Å². The van der Waals surface area contributed by atoms with Gasteiger partial charge >= 0.3 is 12.0 Å². The molecule has 1 aliphatic heterocycles. The van der Waals surface area contributed by atoms with E-state index in [1.807, 2.05) is 22.6 Å². The normalized spacial score (nSPS) is 16.1. The van der Waals surface area contributed by atoms with Crippen LogP contribution >= 0.6 is 22.6 Å². The van der Waals surface area contributed by atoms with Crippen LogP contribution in [0.4, 0.5) is 9.18 Å². The molecule has 3 rings (SSSR count). The molecule has 28 heavy (non-hydrogen) atoms. The van der Waals surface area contributed by atoms with Crippen LogP contribution in [0, 0.1) is 9.39 Å². The van der Waals surface area contributed by atoms with Crippen LogP contribution in [0.5, 0.6) is 0 Å². The maximum absolute atomic E-state index is 14.2. The summed E-state index contributed by atoms with van der Waals surface area (Å²) in [5.74, 6) is -1.83. The Morgan fingerprint density at radius 1 is 1.36 bits per heavy atom. The molecular weight excluding hydrogens is 502 g/mol. The third kappa shape index (κ3) is 3.54. The number of nitrogens with zero attached hydrogens (tertiary/aromatic N) is 2. The summed E-state index contributed by atoms with van der Waals surface area (Å²) < 4.78 is 38.1. The Labute approximate surface area is 175 Å². The molecule has 2 heterocycles. The van der Waals surface area contributed by atoms with Crippen molar-refractivity contribution in [2.75, 3.05) is 12.8 Å². The molecule has 1 aliphatic rings. The Hall–Kier alpha value is -1.95. The lowest BCUT2D eigenvalue weighted by Crippen LogP contribution is -2.45. The van der Waals surface area contributed by atoms with Crippen LogP contribution in [0.15, 0.2) is 30.5 Å². The summed E-state index contributed by atoms with van der Waals surface area (Å²) in [5, 5.41) is 9.33. The molecule has 1 amide bonds. The average Bonchev–Trinajstić information content (AvgIpc) is 3.11. The van der Waals surface area contributed by atoms with Gasteiger partial charge in [-0.25, -0.2) is 17.6 Å². The van der Waals surface area contributed by atoms with E-state index in [9.17, 15) is 27.5 Å². The van der Waals surface area contributed by atoms with Crippen LogP contribution in [0.2, 0.25) is 0 Å². The number of hydrogen-bond donors (Lipinski definition) is 1. The van der Waals surface area contributed by atoms with Crippen molar-refractivity contribution in [3.63, 3.8) is 0 Å². The molecule has 1 atom stereocenters. The number of carboxylic acids is 1. The maximum Gasteiger partial charge on any atom is 0.328 e. The van der Waals surface area contributed by atoms with Crippen molar-refractivity contribution < 1.29 is 27.5 Å². The summed E-state index contributed by atoms with van der Waals surface area (Å²) in [6, 6.07) is 6.14. The summed E-state index contributed by atoms with van der Waals surface area (Å²) in [4.78, 5) is 25.5. The van der Waals surface area contributed by atoms with E-state index in [4.69, 9.17) is 0 Å². The molecule has 1 aromatic heterocycles. The number of rotatable bonds is 6. The van der Waals surface area contributed by atoms with E-state index in [1.165, 1.54) is 21.7 Å². The van der Waals surface area contributed by atoms with Crippen LogP contribution < -0.4 is 0 Å². The van der Waals surface area contributed by atoms with Gasteiger partial charge in [-0.15, -0.1) is 0 Å². The molecule has 0 saturated carbocycles. The van der Waals surface area contributed by atoms with Gasteiger partial charge in [0.15, 0.2) is 14.6 Å². The maximum atomic E-state index is 14.2. The summed E-state index contributed by atoms with van der Waals surface area (Å²) in [5.41, 5.74) is 1.59. The summed E-state index contributed by atoms with van der Waals surface area (Å²) >= 11 is 2.01. The van der Waals surface area contributed by atoms with E-state index < -0.39 is 26.6 Å². The Balaban J connectivity index is 1.79. The highest BCUT2D eigenvalue weighted by Crippen LogP contribution is 2.30. The van der Waals surface area contributed by atoms with Gasteiger partial charge in [0.1, 0.15) is 5.82 Å². The van der Waals surface area contributed by atoms with E-state index in [1.54, 1.807) is 18.2 Å². The molecule has 0 bridgehead atoms. The Kier molecular flexibility index (Phi) is 5.30. The second-order valence-electron chi connectivity index (χ2n) is 6.98. The number of halogens is 2. The molecule has 1 N–H and O–H groups in total. The number of fused-ring (bicyclic) bond motifs is 1. The lowest BCUT2D eigenvalue weighted by Gasteiger charge is -2.25. The lowest BCUT2D eigenvalue weighted by atomic mass is 10.1. The summed E-state index contributed by atoms with van der Waals surface area (Å²) in [6.07, 6.45) is 2.19. The molecule has 1 aromatic carbocycles. The zero-order chi connectivity index (χ0) is 20.9. The predicted octanol–water partition coefficient (Wildman–Crippen LogP) is 2.96. The molecule has 0 saturated heterocycles. The number of hydrogen-bond acceptors (Lipinski definition) is 4. The first-order valence-electron chi connectivity index (χ1n) is 8.33. The largest absolute Gasteiger partial charge is 0.480 e. The number of aromatic nitrogens is 1. The Morgan fingerprint density at radius 2 is 2.04 bits per heavy atom. The Morgan fingerprint density at radius 3 is 2.57 bits per heavy atom. The van der Waals surface area contributed by atoms with Crippen molar-refractivity contribution in [1.29, 1.82) is 0 Å². The number of sulfone groups is 1. The third-order valence-electron chi connectivity index (χ3n) is 5.10. The molecule has 2 aromatic rings. The van der Waals surface area contributed by atoms with Gasteiger partial charge in [0, 0.05) is 39.4 Å². The van der Waals surface area contributed by atoms with Gasteiger partial charge in [0.25, 0.3) is 0 Å². The topological polar surface area (TPSA) is 96.7 Å². The fourth-order valence-electron chi connectivity index (χ4n) is 3.07. The van der Waals surface area contributed by atoms with Crippen molar-refractivity contribution in [3.8, 4) is 11.1 Å². The quantitative estimate of drug-likeness (QED) is 0.591. The number of aliphatic carboxylic acids is 1. The van der Waals surface area contributed by atoms with Crippen molar-refractivity contribution >= 4 is 44.4 Å². The number of carboxylic acid groups (broad SMARTS) is 1. The molecule has 150 valence electrons. The molecule has 0 aliphatic carbocycles. The minimum absolute atomic E-state index is 0.0242. The highest BCUT2D eigenvalue weighted by atomic mass is 127. The van der Waals surface area contributed by atoms with Crippen molar-refractivity contribution in [2.24, 2.45) is 0 Å². The second-order valence-corrected chi connectivity index (χ2v) is 10.7. The van der Waals surface area contributed by atoms with Gasteiger partial charge in [0.2, 0.25) is 0 Å². The predicted molar refractivity (Wildman–Crippen MR) is 109 cm³/mol. The fraction of sp³-hybridized carbons (Fsp3) is 0.333. The van der Waals surface area contributed by atoms with Crippen LogP contribution in [0.1, 0.15) is 19.0 Å². The zero-order valence-electron chi connectivity index (χ0n) is 15.1. The molecule has 10 heteroatoms. The van der Waals surface area contributed by atoms with E-state index in [2.05, 4.69) is 0 Å². The van der Waals surface area contributed by atoms with Crippen molar-refractivity contribution in [2.45, 2.75) is 24.6 Å². The number of carbonyl (C=O) groups excluding carboxylic acids is 1. The van der Waals surface area contributed by atoms with Gasteiger partial charge in [-0.3, -0.25) is 9.36 Å². The first-order chi connectivity index (χ1) is 12.9. The third-order valence-corrected chi connectivity index (χ3v) is 7.79. The summed E-state index contributed by atoms with van der Waals surface area (Å²) in [7, 11) is -3.86. The SMILES string of the molecule is CC(CCN1Cc2cc(-c3ccc(I)cc3F)cn2C1=O)(C(=O)O)S(C)(=O)=O. The molecule has 0 fully saturated rings. The van der Waals surface area contributed by atoms with E-state index in [-0.39, 0.29) is 25.3 Å². The number of benzene rings is 1. The standard InChI is InChI=1S/C18H18FIN2O5S/c1-18(16(23)24,28(2,26)27)5-6-21-10-13-7-11(9-22(13)17(21)25)14-4-3-12(20)8-15(14)19/h3-4,7-9H,5-6,10H2,1-2H3,(H,23,24). The first-order valence-corrected chi connectivity index (χ1v) is 11.3. The molecule has 0 spiro atoms. The smallest absolute Gasteiger partial charge is 0.328 e. The summed E-state index contributed by atoms with van der Waals surface area (Å²) in [6.45, 7) is 1.32. The van der Waals surface area contributed by atoms with Gasteiger partial charge < -0.3 is 10.0 Å². The average molecular weight is 520 g/mol. The number of amides is 1.